The van der Waals surface area contributed by atoms with Crippen molar-refractivity contribution in [1.29, 1.82) is 0 Å². The predicted molar refractivity (Wildman–Crippen MR) is 176 cm³/mol. The SMILES string of the molecule is CC(C)(C)[S@](=O)N1Cc2cc(C(=O)N[C@H]3CCN(Cc4ccccc4)C3)nc(-c3cccc(-c4cncnc4)c3)c2[C@@H]1CCO. The van der Waals surface area contributed by atoms with Gasteiger partial charge in [0.05, 0.1) is 16.5 Å². The van der Waals surface area contributed by atoms with Crippen molar-refractivity contribution in [2.45, 2.75) is 63.5 Å². The van der Waals surface area contributed by atoms with E-state index in [-0.39, 0.29) is 24.6 Å². The Morgan fingerprint density at radius 2 is 1.78 bits per heavy atom. The second-order valence-electron chi connectivity index (χ2n) is 12.8. The first-order valence-electron chi connectivity index (χ1n) is 15.5. The molecule has 1 saturated heterocycles. The van der Waals surface area contributed by atoms with E-state index in [0.29, 0.717) is 24.4 Å². The van der Waals surface area contributed by atoms with Gasteiger partial charge in [0.1, 0.15) is 23.0 Å². The Labute approximate surface area is 267 Å². The molecule has 0 radical (unpaired) electrons. The minimum Gasteiger partial charge on any atom is -0.396 e. The maximum atomic E-state index is 13.8. The van der Waals surface area contributed by atoms with Gasteiger partial charge in [-0.1, -0.05) is 48.5 Å². The van der Waals surface area contributed by atoms with E-state index < -0.39 is 15.7 Å². The van der Waals surface area contributed by atoms with Crippen molar-refractivity contribution in [3.63, 3.8) is 0 Å². The van der Waals surface area contributed by atoms with E-state index in [1.54, 1.807) is 12.4 Å². The van der Waals surface area contributed by atoms with E-state index in [1.807, 2.05) is 73.6 Å². The number of carbonyl (C=O) groups excluding carboxylic acids is 1. The molecule has 0 spiro atoms. The Kier molecular flexibility index (Phi) is 9.18. The molecule has 45 heavy (non-hydrogen) atoms. The number of aromatic nitrogens is 3. The van der Waals surface area contributed by atoms with Gasteiger partial charge in [0, 0.05) is 67.9 Å². The van der Waals surface area contributed by atoms with E-state index in [9.17, 15) is 14.1 Å². The van der Waals surface area contributed by atoms with Crippen LogP contribution in [0.5, 0.6) is 0 Å². The van der Waals surface area contributed by atoms with Crippen LogP contribution in [0.3, 0.4) is 0 Å². The summed E-state index contributed by atoms with van der Waals surface area (Å²) in [4.78, 5) is 29.5. The smallest absolute Gasteiger partial charge is 0.270 e. The fourth-order valence-electron chi connectivity index (χ4n) is 6.29. The zero-order valence-electron chi connectivity index (χ0n) is 26.0. The highest BCUT2D eigenvalue weighted by molar-refractivity contribution is 7.84. The molecule has 0 unspecified atom stereocenters. The van der Waals surface area contributed by atoms with Crippen LogP contribution in [0, 0.1) is 0 Å². The molecule has 10 heteroatoms. The summed E-state index contributed by atoms with van der Waals surface area (Å²) in [5.74, 6) is -0.215. The summed E-state index contributed by atoms with van der Waals surface area (Å²) in [5.41, 5.74) is 6.71. The molecule has 1 amide bonds. The lowest BCUT2D eigenvalue weighted by atomic mass is 9.94. The number of rotatable bonds is 9. The molecule has 3 atom stereocenters. The molecule has 2 N–H and O–H groups in total. The maximum absolute atomic E-state index is 13.8. The largest absolute Gasteiger partial charge is 0.396 e. The highest BCUT2D eigenvalue weighted by atomic mass is 32.2. The van der Waals surface area contributed by atoms with E-state index in [1.165, 1.54) is 11.9 Å². The molecular weight excluding hydrogens is 584 g/mol. The maximum Gasteiger partial charge on any atom is 0.270 e. The molecule has 4 aromatic rings. The van der Waals surface area contributed by atoms with Gasteiger partial charge in [0.25, 0.3) is 5.91 Å². The average Bonchev–Trinajstić information content (AvgIpc) is 3.64. The third kappa shape index (κ3) is 6.89. The number of hydrogen-bond donors (Lipinski definition) is 2. The van der Waals surface area contributed by atoms with Crippen LogP contribution >= 0.6 is 0 Å². The third-order valence-electron chi connectivity index (χ3n) is 8.41. The summed E-state index contributed by atoms with van der Waals surface area (Å²) in [5, 5.41) is 13.3. The van der Waals surface area contributed by atoms with Gasteiger partial charge in [0.2, 0.25) is 0 Å². The average molecular weight is 625 g/mol. The lowest BCUT2D eigenvalue weighted by Gasteiger charge is -2.30. The van der Waals surface area contributed by atoms with Crippen LogP contribution in [0.2, 0.25) is 0 Å². The van der Waals surface area contributed by atoms with Crippen LogP contribution in [-0.2, 0) is 24.1 Å². The monoisotopic (exact) mass is 624 g/mol. The summed E-state index contributed by atoms with van der Waals surface area (Å²) in [7, 11) is -1.34. The molecule has 4 heterocycles. The molecule has 2 aromatic carbocycles. The predicted octanol–water partition coefficient (Wildman–Crippen LogP) is 4.91. The molecule has 2 aromatic heterocycles. The summed E-state index contributed by atoms with van der Waals surface area (Å²) in [6.07, 6.45) is 6.30. The zero-order valence-corrected chi connectivity index (χ0v) is 26.8. The first-order chi connectivity index (χ1) is 21.7. The van der Waals surface area contributed by atoms with E-state index in [2.05, 4.69) is 32.3 Å². The molecule has 1 fully saturated rings. The normalized spacial score (nSPS) is 19.4. The van der Waals surface area contributed by atoms with Crippen LogP contribution in [0.1, 0.15) is 66.8 Å². The Morgan fingerprint density at radius 1 is 1.02 bits per heavy atom. The number of amides is 1. The molecule has 9 nitrogen and oxygen atoms in total. The van der Waals surface area contributed by atoms with Crippen molar-refractivity contribution in [2.75, 3.05) is 19.7 Å². The molecule has 0 aliphatic carbocycles. The minimum absolute atomic E-state index is 0.0214. The Hall–Kier alpha value is -3.83. The molecule has 6 rings (SSSR count). The number of hydrogen-bond acceptors (Lipinski definition) is 7. The van der Waals surface area contributed by atoms with Crippen molar-refractivity contribution in [1.82, 2.24) is 29.5 Å². The summed E-state index contributed by atoms with van der Waals surface area (Å²) < 4.78 is 15.2. The van der Waals surface area contributed by atoms with Gasteiger partial charge in [-0.2, -0.15) is 0 Å². The van der Waals surface area contributed by atoms with E-state index >= 15 is 0 Å². The number of aliphatic hydroxyl groups is 1. The quantitative estimate of drug-likeness (QED) is 0.272. The fraction of sp³-hybridized carbons (Fsp3) is 0.371. The van der Waals surface area contributed by atoms with Gasteiger partial charge in [-0.25, -0.2) is 23.5 Å². The van der Waals surface area contributed by atoms with E-state index in [4.69, 9.17) is 4.98 Å². The zero-order chi connectivity index (χ0) is 31.6. The topological polar surface area (TPSA) is 112 Å². The highest BCUT2D eigenvalue weighted by Gasteiger charge is 2.40. The second kappa shape index (κ2) is 13.3. The van der Waals surface area contributed by atoms with Crippen molar-refractivity contribution in [3.05, 3.63) is 102 Å². The Morgan fingerprint density at radius 3 is 2.51 bits per heavy atom. The number of benzene rings is 2. The fourth-order valence-corrected chi connectivity index (χ4v) is 7.70. The molecule has 234 valence electrons. The van der Waals surface area contributed by atoms with E-state index in [0.717, 1.165) is 53.9 Å². The van der Waals surface area contributed by atoms with Crippen molar-refractivity contribution in [3.8, 4) is 22.4 Å². The molecule has 2 aliphatic rings. The van der Waals surface area contributed by atoms with Crippen LogP contribution in [0.4, 0.5) is 0 Å². The number of pyridine rings is 1. The van der Waals surface area contributed by atoms with Crippen molar-refractivity contribution >= 4 is 16.9 Å². The summed E-state index contributed by atoms with van der Waals surface area (Å²) in [6, 6.07) is 19.9. The standard InChI is InChI=1S/C35H40N6O3S/c1-35(2,3)45(44)41-21-27-17-30(34(43)38-29-12-14-40(22-29)20-24-8-5-4-6-9-24)39-33(32(27)31(41)13-15-42)26-11-7-10-25(16-26)28-18-36-23-37-19-28/h4-11,16-19,23,29,31,42H,12-15,20-22H2,1-3H3,(H,38,43)/t29-,31-,45-/m0/s1. The van der Waals surface area contributed by atoms with Crippen LogP contribution in [0.25, 0.3) is 22.4 Å². The van der Waals surface area contributed by atoms with Crippen molar-refractivity contribution < 1.29 is 14.1 Å². The van der Waals surface area contributed by atoms with Crippen molar-refractivity contribution in [2.24, 2.45) is 0 Å². The minimum atomic E-state index is -1.34. The number of carbonyl (C=O) groups is 1. The van der Waals surface area contributed by atoms with Gasteiger partial charge in [-0.05, 0) is 62.4 Å². The lowest BCUT2D eigenvalue weighted by Crippen LogP contribution is -2.37. The van der Waals surface area contributed by atoms with Crippen LogP contribution < -0.4 is 5.32 Å². The summed E-state index contributed by atoms with van der Waals surface area (Å²) in [6.45, 7) is 8.74. The molecule has 0 saturated carbocycles. The second-order valence-corrected chi connectivity index (χ2v) is 15.0. The van der Waals surface area contributed by atoms with Gasteiger partial charge in [-0.3, -0.25) is 9.69 Å². The number of likely N-dealkylation sites (tertiary alicyclic amines) is 1. The number of nitrogens with zero attached hydrogens (tertiary/aromatic N) is 5. The first kappa shape index (κ1) is 31.2. The lowest BCUT2D eigenvalue weighted by molar-refractivity contribution is 0.0932. The Bertz CT molecular complexity index is 1680. The van der Waals surface area contributed by atoms with Gasteiger partial charge in [-0.15, -0.1) is 0 Å². The molecular formula is C35H40N6O3S. The number of aliphatic hydroxyl groups excluding tert-OH is 1. The number of nitrogens with one attached hydrogen (secondary N) is 1. The molecule has 2 aliphatic heterocycles. The first-order valence-corrected chi connectivity index (χ1v) is 16.6. The third-order valence-corrected chi connectivity index (χ3v) is 10.3. The number of fused-ring (bicyclic) bond motifs is 1. The van der Waals surface area contributed by atoms with Gasteiger partial charge < -0.3 is 10.4 Å². The van der Waals surface area contributed by atoms with Gasteiger partial charge in [0.15, 0.2) is 0 Å². The molecule has 0 bridgehead atoms. The van der Waals surface area contributed by atoms with Gasteiger partial charge >= 0.3 is 0 Å². The summed E-state index contributed by atoms with van der Waals surface area (Å²) >= 11 is 0. The Balaban J connectivity index is 1.34. The highest BCUT2D eigenvalue weighted by Crippen LogP contribution is 2.44. The van der Waals surface area contributed by atoms with Crippen LogP contribution in [0.15, 0.2) is 79.4 Å². The van der Waals surface area contributed by atoms with Crippen LogP contribution in [-0.4, -0.2) is 69.9 Å².